The number of carbonyl (C=O) groups excluding carboxylic acids is 4. The van der Waals surface area contributed by atoms with Crippen LogP contribution < -0.4 is 31.0 Å². The van der Waals surface area contributed by atoms with Crippen molar-refractivity contribution in [3.05, 3.63) is 89.5 Å². The van der Waals surface area contributed by atoms with Gasteiger partial charge in [-0.25, -0.2) is 0 Å². The maximum absolute atomic E-state index is 13.2. The summed E-state index contributed by atoms with van der Waals surface area (Å²) in [7, 11) is 3.09. The number of hydrazine groups is 1. The van der Waals surface area contributed by atoms with E-state index in [1.54, 1.807) is 93.8 Å². The van der Waals surface area contributed by atoms with Crippen molar-refractivity contribution in [3.63, 3.8) is 0 Å². The maximum atomic E-state index is 13.2. The first-order chi connectivity index (χ1) is 18.7. The summed E-state index contributed by atoms with van der Waals surface area (Å²) in [6, 6.07) is 19.1. The molecule has 0 aromatic heterocycles. The van der Waals surface area contributed by atoms with E-state index in [0.29, 0.717) is 17.1 Å². The van der Waals surface area contributed by atoms with E-state index in [9.17, 15) is 19.2 Å². The monoisotopic (exact) mass is 532 g/mol. The number of hydrogen-bond acceptors (Lipinski definition) is 6. The molecule has 0 bridgehead atoms. The van der Waals surface area contributed by atoms with E-state index >= 15 is 0 Å². The first-order valence-electron chi connectivity index (χ1n) is 12.3. The molecule has 204 valence electrons. The largest absolute Gasteiger partial charge is 0.497 e. The second-order valence-corrected chi connectivity index (χ2v) is 8.99. The molecular formula is C29H32N4O6. The van der Waals surface area contributed by atoms with Gasteiger partial charge in [-0.05, 0) is 60.0 Å². The van der Waals surface area contributed by atoms with Gasteiger partial charge < -0.3 is 20.1 Å². The summed E-state index contributed by atoms with van der Waals surface area (Å²) in [6.07, 6.45) is 0.0459. The zero-order chi connectivity index (χ0) is 28.4. The Morgan fingerprint density at radius 3 is 1.92 bits per heavy atom. The lowest BCUT2D eigenvalue weighted by atomic mass is 10.0. The lowest BCUT2D eigenvalue weighted by Crippen LogP contribution is -2.54. The molecule has 3 rings (SSSR count). The van der Waals surface area contributed by atoms with Gasteiger partial charge in [0.1, 0.15) is 17.5 Å². The summed E-state index contributed by atoms with van der Waals surface area (Å²) >= 11 is 0. The van der Waals surface area contributed by atoms with E-state index in [-0.39, 0.29) is 23.6 Å². The first kappa shape index (κ1) is 28.7. The fourth-order valence-corrected chi connectivity index (χ4v) is 3.66. The van der Waals surface area contributed by atoms with Crippen LogP contribution in [-0.2, 0) is 16.0 Å². The number of para-hydroxylation sites is 1. The normalized spacial score (nSPS) is 11.2. The SMILES string of the molecule is COc1ccc(CC(=O)NNC(=O)[C@H](NC(=O)c2ccccc2NC(=O)c2ccc(OC)cc2)C(C)C)cc1. The number of rotatable bonds is 10. The Labute approximate surface area is 227 Å². The molecule has 0 aliphatic rings. The van der Waals surface area contributed by atoms with Crippen LogP contribution in [0.15, 0.2) is 72.8 Å². The van der Waals surface area contributed by atoms with Gasteiger partial charge in [-0.2, -0.15) is 0 Å². The highest BCUT2D eigenvalue weighted by atomic mass is 16.5. The maximum Gasteiger partial charge on any atom is 0.261 e. The highest BCUT2D eigenvalue weighted by Crippen LogP contribution is 2.18. The molecule has 0 aliphatic heterocycles. The van der Waals surface area contributed by atoms with Crippen LogP contribution in [0.5, 0.6) is 11.5 Å². The summed E-state index contributed by atoms with van der Waals surface area (Å²) in [5.41, 5.74) is 6.36. The van der Waals surface area contributed by atoms with Crippen molar-refractivity contribution < 1.29 is 28.7 Å². The van der Waals surface area contributed by atoms with Crippen molar-refractivity contribution in [2.24, 2.45) is 5.92 Å². The molecule has 3 aromatic carbocycles. The lowest BCUT2D eigenvalue weighted by Gasteiger charge is -2.22. The van der Waals surface area contributed by atoms with Gasteiger partial charge in [0.25, 0.3) is 17.7 Å². The predicted octanol–water partition coefficient (Wildman–Crippen LogP) is 3.10. The summed E-state index contributed by atoms with van der Waals surface area (Å²) in [5, 5.41) is 5.44. The van der Waals surface area contributed by atoms with Gasteiger partial charge in [0.15, 0.2) is 0 Å². The topological polar surface area (TPSA) is 135 Å². The fourth-order valence-electron chi connectivity index (χ4n) is 3.66. The molecule has 0 saturated carbocycles. The van der Waals surface area contributed by atoms with Crippen molar-refractivity contribution in [2.75, 3.05) is 19.5 Å². The standard InChI is InChI=1S/C29H32N4O6/c1-18(2)26(29(37)33-32-25(34)17-19-9-13-21(38-3)14-10-19)31-28(36)23-7-5-6-8-24(23)30-27(35)20-11-15-22(39-4)16-12-20/h5-16,18,26H,17H2,1-4H3,(H,30,35)(H,31,36)(H,32,34)(H,33,37)/t26-/m1/s1. The van der Waals surface area contributed by atoms with Gasteiger partial charge in [0.05, 0.1) is 31.9 Å². The van der Waals surface area contributed by atoms with Crippen LogP contribution in [-0.4, -0.2) is 43.9 Å². The minimum atomic E-state index is -0.955. The van der Waals surface area contributed by atoms with Crippen LogP contribution in [0.25, 0.3) is 0 Å². The van der Waals surface area contributed by atoms with E-state index < -0.39 is 29.7 Å². The fraction of sp³-hybridized carbons (Fsp3) is 0.241. The Balaban J connectivity index is 1.62. The predicted molar refractivity (Wildman–Crippen MR) is 146 cm³/mol. The molecule has 4 N–H and O–H groups in total. The molecule has 10 heteroatoms. The third kappa shape index (κ3) is 8.06. The third-order valence-corrected chi connectivity index (χ3v) is 5.86. The Morgan fingerprint density at radius 2 is 1.33 bits per heavy atom. The highest BCUT2D eigenvalue weighted by Gasteiger charge is 2.26. The van der Waals surface area contributed by atoms with Crippen LogP contribution in [0, 0.1) is 5.92 Å². The molecule has 0 aliphatic carbocycles. The van der Waals surface area contributed by atoms with Crippen LogP contribution in [0.2, 0.25) is 0 Å². The van der Waals surface area contributed by atoms with Crippen LogP contribution in [0.3, 0.4) is 0 Å². The van der Waals surface area contributed by atoms with Gasteiger partial charge >= 0.3 is 0 Å². The van der Waals surface area contributed by atoms with Crippen molar-refractivity contribution in [1.29, 1.82) is 0 Å². The van der Waals surface area contributed by atoms with Crippen LogP contribution >= 0.6 is 0 Å². The van der Waals surface area contributed by atoms with Crippen LogP contribution in [0.1, 0.15) is 40.1 Å². The molecule has 0 fully saturated rings. The Hall–Kier alpha value is -4.86. The smallest absolute Gasteiger partial charge is 0.261 e. The Morgan fingerprint density at radius 1 is 0.744 bits per heavy atom. The molecule has 39 heavy (non-hydrogen) atoms. The Kier molecular flexibility index (Phi) is 10.0. The number of amides is 4. The molecule has 0 unspecified atom stereocenters. The molecule has 4 amide bonds. The molecule has 0 saturated heterocycles. The minimum Gasteiger partial charge on any atom is -0.497 e. The quantitative estimate of drug-likeness (QED) is 0.297. The highest BCUT2D eigenvalue weighted by molar-refractivity contribution is 6.09. The van der Waals surface area contributed by atoms with E-state index in [2.05, 4.69) is 21.5 Å². The molecule has 0 spiro atoms. The van der Waals surface area contributed by atoms with Crippen LogP contribution in [0.4, 0.5) is 5.69 Å². The molecular weight excluding hydrogens is 500 g/mol. The van der Waals surface area contributed by atoms with Gasteiger partial charge in [-0.3, -0.25) is 30.0 Å². The van der Waals surface area contributed by atoms with E-state index in [1.165, 1.54) is 7.11 Å². The average molecular weight is 533 g/mol. The van der Waals surface area contributed by atoms with Crippen molar-refractivity contribution in [2.45, 2.75) is 26.3 Å². The number of methoxy groups -OCH3 is 2. The summed E-state index contributed by atoms with van der Waals surface area (Å²) in [4.78, 5) is 51.1. The van der Waals surface area contributed by atoms with Crippen molar-refractivity contribution in [3.8, 4) is 11.5 Å². The van der Waals surface area contributed by atoms with Gasteiger partial charge in [0.2, 0.25) is 5.91 Å². The zero-order valence-corrected chi connectivity index (χ0v) is 22.2. The number of hydrogen-bond donors (Lipinski definition) is 4. The van der Waals surface area contributed by atoms with Gasteiger partial charge in [-0.1, -0.05) is 38.1 Å². The summed E-state index contributed by atoms with van der Waals surface area (Å²) in [6.45, 7) is 3.53. The summed E-state index contributed by atoms with van der Waals surface area (Å²) < 4.78 is 10.2. The average Bonchev–Trinajstić information content (AvgIpc) is 2.95. The molecule has 0 radical (unpaired) electrons. The molecule has 1 atom stereocenters. The first-order valence-corrected chi connectivity index (χ1v) is 12.3. The number of ether oxygens (including phenoxy) is 2. The number of carbonyl (C=O) groups is 4. The van der Waals surface area contributed by atoms with Crippen molar-refractivity contribution in [1.82, 2.24) is 16.2 Å². The van der Waals surface area contributed by atoms with Crippen molar-refractivity contribution >= 4 is 29.3 Å². The van der Waals surface area contributed by atoms with Gasteiger partial charge in [0, 0.05) is 5.56 Å². The molecule has 10 nitrogen and oxygen atoms in total. The van der Waals surface area contributed by atoms with E-state index in [1.807, 2.05) is 0 Å². The zero-order valence-electron chi connectivity index (χ0n) is 22.2. The third-order valence-electron chi connectivity index (χ3n) is 5.86. The minimum absolute atomic E-state index is 0.0459. The van der Waals surface area contributed by atoms with Gasteiger partial charge in [-0.15, -0.1) is 0 Å². The number of benzene rings is 3. The molecule has 0 heterocycles. The second-order valence-electron chi connectivity index (χ2n) is 8.99. The summed E-state index contributed by atoms with van der Waals surface area (Å²) in [5.74, 6) is -0.982. The number of anilines is 1. The van der Waals surface area contributed by atoms with E-state index in [0.717, 1.165) is 5.56 Å². The Bertz CT molecular complexity index is 1310. The molecule has 3 aromatic rings. The van der Waals surface area contributed by atoms with E-state index in [4.69, 9.17) is 9.47 Å². The number of nitrogens with one attached hydrogen (secondary N) is 4. The lowest BCUT2D eigenvalue weighted by molar-refractivity contribution is -0.130. The second kappa shape index (κ2) is 13.6.